The number of quaternary nitrogens is 1. The van der Waals surface area contributed by atoms with E-state index in [0.717, 1.165) is 25.9 Å². The van der Waals surface area contributed by atoms with Crippen LogP contribution in [-0.2, 0) is 9.53 Å². The van der Waals surface area contributed by atoms with Gasteiger partial charge in [0.15, 0.2) is 0 Å². The number of carbonyl (C=O) groups excluding carboxylic acids is 1. The molecule has 100 valence electrons. The van der Waals surface area contributed by atoms with Crippen LogP contribution in [0.1, 0.15) is 40.5 Å². The van der Waals surface area contributed by atoms with E-state index in [1.165, 1.54) is 0 Å². The number of piperidine rings is 1. The van der Waals surface area contributed by atoms with Gasteiger partial charge in [-0.3, -0.25) is 4.79 Å². The molecule has 3 nitrogen and oxygen atoms in total. The Hall–Kier alpha value is -0.280. The summed E-state index contributed by atoms with van der Waals surface area (Å²) in [4.78, 5) is 12.0. The number of nitrogens with two attached hydrogens (primary N) is 1. The van der Waals surface area contributed by atoms with E-state index < -0.39 is 5.41 Å². The monoisotopic (exact) mass is 262 g/mol. The Morgan fingerprint density at radius 3 is 2.29 bits per heavy atom. The Morgan fingerprint density at radius 1 is 1.29 bits per heavy atom. The molecule has 0 aromatic rings. The second-order valence-corrected chi connectivity index (χ2v) is 6.42. The van der Waals surface area contributed by atoms with Gasteiger partial charge in [0.1, 0.15) is 5.60 Å². The van der Waals surface area contributed by atoms with Crippen LogP contribution in [0.3, 0.4) is 0 Å². The number of esters is 1. The molecule has 1 fully saturated rings. The highest BCUT2D eigenvalue weighted by Crippen LogP contribution is 2.31. The molecule has 1 aliphatic heterocycles. The van der Waals surface area contributed by atoms with Crippen LogP contribution in [-0.4, -0.2) is 30.5 Å². The molecular weight excluding hydrogens is 238 g/mol. The summed E-state index contributed by atoms with van der Waals surface area (Å²) in [5.74, 6) is 0.565. The lowest BCUT2D eigenvalue weighted by molar-refractivity contribution is -0.665. The standard InChI is InChI=1S/C13H24ClNO2/c1-12(2,9-14)11(16)17-13(3,4)10-5-7-15-8-6-10/h10,15H,5-9H2,1-4H3/p+1. The fourth-order valence-electron chi connectivity index (χ4n) is 2.14. The third kappa shape index (κ3) is 3.85. The second-order valence-electron chi connectivity index (χ2n) is 6.15. The lowest BCUT2D eigenvalue weighted by atomic mass is 9.83. The number of ether oxygens (including phenoxy) is 1. The molecule has 0 atom stereocenters. The Kier molecular flexibility index (Phi) is 4.85. The summed E-state index contributed by atoms with van der Waals surface area (Å²) in [7, 11) is 0. The van der Waals surface area contributed by atoms with Crippen LogP contribution < -0.4 is 5.32 Å². The molecule has 0 amide bonds. The van der Waals surface area contributed by atoms with Gasteiger partial charge >= 0.3 is 5.97 Å². The highest BCUT2D eigenvalue weighted by atomic mass is 35.5. The van der Waals surface area contributed by atoms with Gasteiger partial charge in [-0.15, -0.1) is 11.6 Å². The van der Waals surface area contributed by atoms with Gasteiger partial charge in [0.2, 0.25) is 0 Å². The quantitative estimate of drug-likeness (QED) is 0.617. The molecule has 17 heavy (non-hydrogen) atoms. The van der Waals surface area contributed by atoms with Crippen molar-refractivity contribution < 1.29 is 14.8 Å². The summed E-state index contributed by atoms with van der Waals surface area (Å²) in [6.45, 7) is 9.95. The zero-order valence-corrected chi connectivity index (χ0v) is 12.1. The van der Waals surface area contributed by atoms with Gasteiger partial charge in [-0.05, 0) is 27.7 Å². The number of hydrogen-bond donors (Lipinski definition) is 1. The van der Waals surface area contributed by atoms with Crippen molar-refractivity contribution in [2.24, 2.45) is 11.3 Å². The maximum atomic E-state index is 12.0. The Labute approximate surface area is 109 Å². The van der Waals surface area contributed by atoms with Gasteiger partial charge in [0.05, 0.1) is 18.5 Å². The molecule has 2 N–H and O–H groups in total. The summed E-state index contributed by atoms with van der Waals surface area (Å²) in [5.41, 5.74) is -0.978. The lowest BCUT2D eigenvalue weighted by Crippen LogP contribution is -2.86. The first kappa shape index (κ1) is 14.8. The SMILES string of the molecule is CC(C)(CCl)C(=O)OC(C)(C)C1CC[NH2+]CC1. The third-order valence-corrected chi connectivity index (χ3v) is 4.33. The molecule has 0 aromatic carbocycles. The third-order valence-electron chi connectivity index (χ3n) is 3.66. The minimum absolute atomic E-state index is 0.188. The van der Waals surface area contributed by atoms with E-state index in [9.17, 15) is 4.79 Å². The molecule has 0 aromatic heterocycles. The maximum absolute atomic E-state index is 12.0. The average Bonchev–Trinajstić information content (AvgIpc) is 2.29. The van der Waals surface area contributed by atoms with Crippen LogP contribution in [0.15, 0.2) is 0 Å². The number of alkyl halides is 1. The summed E-state index contributed by atoms with van der Waals surface area (Å²) in [6, 6.07) is 0. The minimum atomic E-state index is -0.598. The van der Waals surface area contributed by atoms with Gasteiger partial charge in [-0.25, -0.2) is 0 Å². The Balaban J connectivity index is 2.61. The van der Waals surface area contributed by atoms with Gasteiger partial charge in [0.25, 0.3) is 0 Å². The predicted octanol–water partition coefficient (Wildman–Crippen LogP) is 1.55. The normalized spacial score (nSPS) is 19.1. The molecule has 1 rings (SSSR count). The Morgan fingerprint density at radius 2 is 1.82 bits per heavy atom. The number of rotatable bonds is 4. The first-order chi connectivity index (χ1) is 7.79. The van der Waals surface area contributed by atoms with Crippen LogP contribution in [0.2, 0.25) is 0 Å². The van der Waals surface area contributed by atoms with Crippen LogP contribution >= 0.6 is 11.6 Å². The van der Waals surface area contributed by atoms with E-state index in [4.69, 9.17) is 16.3 Å². The topological polar surface area (TPSA) is 42.9 Å². The molecule has 0 unspecified atom stereocenters. The summed E-state index contributed by atoms with van der Waals surface area (Å²) < 4.78 is 5.70. The first-order valence-corrected chi connectivity index (χ1v) is 6.94. The molecule has 1 heterocycles. The van der Waals surface area contributed by atoms with Crippen molar-refractivity contribution in [3.63, 3.8) is 0 Å². The van der Waals surface area contributed by atoms with Gasteiger partial charge in [-0.1, -0.05) is 0 Å². The molecule has 0 aliphatic carbocycles. The fraction of sp³-hybridized carbons (Fsp3) is 0.923. The van der Waals surface area contributed by atoms with Gasteiger partial charge in [-0.2, -0.15) is 0 Å². The molecule has 1 aliphatic rings. The molecular formula is C13H25ClNO2+. The second kappa shape index (κ2) is 5.57. The van der Waals surface area contributed by atoms with Crippen molar-refractivity contribution >= 4 is 17.6 Å². The van der Waals surface area contributed by atoms with E-state index >= 15 is 0 Å². The van der Waals surface area contributed by atoms with Gasteiger partial charge in [0, 0.05) is 24.6 Å². The van der Waals surface area contributed by atoms with E-state index in [0.29, 0.717) is 11.8 Å². The highest BCUT2D eigenvalue weighted by Gasteiger charge is 2.39. The molecule has 1 saturated heterocycles. The number of hydrogen-bond acceptors (Lipinski definition) is 2. The summed E-state index contributed by atoms with van der Waals surface area (Å²) in [6.07, 6.45) is 2.23. The minimum Gasteiger partial charge on any atom is -0.459 e. The smallest absolute Gasteiger partial charge is 0.313 e. The van der Waals surface area contributed by atoms with Crippen molar-refractivity contribution in [1.82, 2.24) is 0 Å². The van der Waals surface area contributed by atoms with E-state index in [-0.39, 0.29) is 11.6 Å². The zero-order valence-electron chi connectivity index (χ0n) is 11.4. The van der Waals surface area contributed by atoms with Crippen LogP contribution in [0.4, 0.5) is 0 Å². The maximum Gasteiger partial charge on any atom is 0.313 e. The van der Waals surface area contributed by atoms with E-state index in [1.54, 1.807) is 0 Å². The van der Waals surface area contributed by atoms with E-state index in [2.05, 4.69) is 5.32 Å². The van der Waals surface area contributed by atoms with Crippen LogP contribution in [0.25, 0.3) is 0 Å². The predicted molar refractivity (Wildman–Crippen MR) is 69.1 cm³/mol. The van der Waals surface area contributed by atoms with E-state index in [1.807, 2.05) is 27.7 Å². The molecule has 0 saturated carbocycles. The fourth-order valence-corrected chi connectivity index (χ4v) is 2.25. The number of carbonyl (C=O) groups is 1. The molecule has 0 radical (unpaired) electrons. The van der Waals surface area contributed by atoms with Gasteiger partial charge < -0.3 is 10.1 Å². The van der Waals surface area contributed by atoms with Crippen molar-refractivity contribution in [3.8, 4) is 0 Å². The van der Waals surface area contributed by atoms with Crippen LogP contribution in [0, 0.1) is 11.3 Å². The lowest BCUT2D eigenvalue weighted by Gasteiger charge is -2.37. The molecule has 4 heteroatoms. The molecule has 0 bridgehead atoms. The summed E-state index contributed by atoms with van der Waals surface area (Å²) in [5, 5.41) is 2.32. The first-order valence-electron chi connectivity index (χ1n) is 6.40. The van der Waals surface area contributed by atoms with Crippen molar-refractivity contribution in [2.75, 3.05) is 19.0 Å². The average molecular weight is 263 g/mol. The van der Waals surface area contributed by atoms with Crippen molar-refractivity contribution in [1.29, 1.82) is 0 Å². The number of halogens is 1. The Bertz CT molecular complexity index is 271. The molecule has 0 spiro atoms. The highest BCUT2D eigenvalue weighted by molar-refractivity contribution is 6.19. The largest absolute Gasteiger partial charge is 0.459 e. The van der Waals surface area contributed by atoms with Crippen molar-refractivity contribution in [2.45, 2.75) is 46.1 Å². The van der Waals surface area contributed by atoms with Crippen LogP contribution in [0.5, 0.6) is 0 Å². The van der Waals surface area contributed by atoms with Crippen molar-refractivity contribution in [3.05, 3.63) is 0 Å². The zero-order chi connectivity index (χ0) is 13.1. The summed E-state index contributed by atoms with van der Waals surface area (Å²) >= 11 is 5.80.